The van der Waals surface area contributed by atoms with Gasteiger partial charge in [0.1, 0.15) is 12.0 Å². The fraction of sp³-hybridized carbons (Fsp3) is 0.200. The van der Waals surface area contributed by atoms with Crippen LogP contribution in [0, 0.1) is 0 Å². The van der Waals surface area contributed by atoms with Gasteiger partial charge in [-0.25, -0.2) is 0 Å². The molecule has 0 atom stereocenters. The van der Waals surface area contributed by atoms with Crippen LogP contribution in [0.4, 0.5) is 0 Å². The molecule has 1 amide bonds. The summed E-state index contributed by atoms with van der Waals surface area (Å²) < 4.78 is 0. The lowest BCUT2D eigenvalue weighted by Crippen LogP contribution is -2.23. The summed E-state index contributed by atoms with van der Waals surface area (Å²) in [5.41, 5.74) is 4.44. The highest BCUT2D eigenvalue weighted by Crippen LogP contribution is 1.80. The first-order valence-electron chi connectivity index (χ1n) is 2.87. The number of amides is 1. The molecule has 1 heterocycles. The Hall–Kier alpha value is -1.72. The summed E-state index contributed by atoms with van der Waals surface area (Å²) in [6.45, 7) is 0. The normalized spacial score (nSPS) is 9.45. The third-order valence-corrected chi connectivity index (χ3v) is 1.04. The van der Waals surface area contributed by atoms with Crippen LogP contribution in [0.2, 0.25) is 0 Å². The number of nitrogens with zero attached hydrogens (tertiary/aromatic N) is 2. The number of H-pyrrole nitrogens is 1. The fourth-order valence-corrected chi connectivity index (χ4v) is 0.595. The molecule has 58 valence electrons. The van der Waals surface area contributed by atoms with Crippen LogP contribution in [0.3, 0.4) is 0 Å². The van der Waals surface area contributed by atoms with E-state index in [4.69, 9.17) is 5.73 Å². The highest BCUT2D eigenvalue weighted by Gasteiger charge is 2.03. The fourth-order valence-electron chi connectivity index (χ4n) is 0.595. The molecule has 0 spiro atoms. The Kier molecular flexibility index (Phi) is 1.95. The maximum atomic E-state index is 10.8. The summed E-state index contributed by atoms with van der Waals surface area (Å²) in [4.78, 5) is 23.4. The van der Waals surface area contributed by atoms with Crippen molar-refractivity contribution in [3.8, 4) is 0 Å². The number of rotatable bonds is 2. The standard InChI is InChI=1S/C5H6N4O2/c6-4(10)1-3-5(11)7-2-8-9-3/h2H,1H2,(H2,6,10)(H,7,8,11). The molecule has 0 aliphatic heterocycles. The Labute approximate surface area is 61.5 Å². The maximum Gasteiger partial charge on any atom is 0.273 e. The molecular weight excluding hydrogens is 148 g/mol. The van der Waals surface area contributed by atoms with Crippen molar-refractivity contribution in [2.24, 2.45) is 5.73 Å². The van der Waals surface area contributed by atoms with E-state index in [1.54, 1.807) is 0 Å². The molecule has 1 rings (SSSR count). The zero-order chi connectivity index (χ0) is 8.27. The van der Waals surface area contributed by atoms with E-state index < -0.39 is 11.5 Å². The topological polar surface area (TPSA) is 102 Å². The van der Waals surface area contributed by atoms with Gasteiger partial charge >= 0.3 is 0 Å². The van der Waals surface area contributed by atoms with Gasteiger partial charge in [0.2, 0.25) is 5.91 Å². The molecule has 11 heavy (non-hydrogen) atoms. The van der Waals surface area contributed by atoms with Crippen LogP contribution in [0.5, 0.6) is 0 Å². The van der Waals surface area contributed by atoms with Gasteiger partial charge < -0.3 is 10.7 Å². The summed E-state index contributed by atoms with van der Waals surface area (Å²) in [7, 11) is 0. The molecule has 0 unspecified atom stereocenters. The third kappa shape index (κ3) is 1.85. The van der Waals surface area contributed by atoms with E-state index in [2.05, 4.69) is 15.2 Å². The van der Waals surface area contributed by atoms with Crippen molar-refractivity contribution in [3.05, 3.63) is 22.4 Å². The largest absolute Gasteiger partial charge is 0.369 e. The molecule has 0 aliphatic rings. The number of carbonyl (C=O) groups excluding carboxylic acids is 1. The van der Waals surface area contributed by atoms with Crippen molar-refractivity contribution in [2.45, 2.75) is 6.42 Å². The van der Waals surface area contributed by atoms with Crippen molar-refractivity contribution in [3.63, 3.8) is 0 Å². The molecule has 0 radical (unpaired) electrons. The van der Waals surface area contributed by atoms with Crippen molar-refractivity contribution < 1.29 is 4.79 Å². The van der Waals surface area contributed by atoms with Crippen LogP contribution < -0.4 is 11.3 Å². The smallest absolute Gasteiger partial charge is 0.273 e. The van der Waals surface area contributed by atoms with Gasteiger partial charge in [0.05, 0.1) is 6.42 Å². The molecular formula is C5H6N4O2. The van der Waals surface area contributed by atoms with Crippen LogP contribution in [0.15, 0.2) is 11.1 Å². The first-order valence-corrected chi connectivity index (χ1v) is 2.87. The number of carbonyl (C=O) groups is 1. The zero-order valence-electron chi connectivity index (χ0n) is 5.57. The molecule has 6 heteroatoms. The summed E-state index contributed by atoms with van der Waals surface area (Å²) in [5.74, 6) is -0.601. The van der Waals surface area contributed by atoms with E-state index >= 15 is 0 Å². The lowest BCUT2D eigenvalue weighted by atomic mass is 10.3. The Morgan fingerprint density at radius 2 is 2.45 bits per heavy atom. The zero-order valence-corrected chi connectivity index (χ0v) is 5.57. The molecule has 0 aliphatic carbocycles. The molecule has 0 saturated carbocycles. The summed E-state index contributed by atoms with van der Waals surface area (Å²) >= 11 is 0. The quantitative estimate of drug-likeness (QED) is 0.524. The number of nitrogens with one attached hydrogen (secondary N) is 1. The molecule has 1 aromatic heterocycles. The van der Waals surface area contributed by atoms with E-state index in [9.17, 15) is 9.59 Å². The van der Waals surface area contributed by atoms with E-state index in [-0.39, 0.29) is 12.1 Å². The average molecular weight is 154 g/mol. The highest BCUT2D eigenvalue weighted by atomic mass is 16.1. The van der Waals surface area contributed by atoms with Crippen LogP contribution in [0.25, 0.3) is 0 Å². The number of primary amides is 1. The van der Waals surface area contributed by atoms with Crippen LogP contribution >= 0.6 is 0 Å². The van der Waals surface area contributed by atoms with Crippen LogP contribution in [-0.4, -0.2) is 21.1 Å². The maximum absolute atomic E-state index is 10.8. The van der Waals surface area contributed by atoms with Gasteiger partial charge in [-0.2, -0.15) is 0 Å². The van der Waals surface area contributed by atoms with Gasteiger partial charge in [0, 0.05) is 0 Å². The third-order valence-electron chi connectivity index (χ3n) is 1.04. The van der Waals surface area contributed by atoms with E-state index in [1.807, 2.05) is 0 Å². The molecule has 0 aromatic carbocycles. The lowest BCUT2D eigenvalue weighted by Gasteiger charge is -1.90. The predicted molar refractivity (Wildman–Crippen MR) is 35.6 cm³/mol. The molecule has 0 fully saturated rings. The minimum Gasteiger partial charge on any atom is -0.369 e. The van der Waals surface area contributed by atoms with Gasteiger partial charge in [0.15, 0.2) is 0 Å². The van der Waals surface area contributed by atoms with Gasteiger partial charge in [-0.15, -0.1) is 10.2 Å². The van der Waals surface area contributed by atoms with Crippen LogP contribution in [-0.2, 0) is 11.2 Å². The highest BCUT2D eigenvalue weighted by molar-refractivity contribution is 5.75. The Bertz CT molecular complexity index is 318. The molecule has 3 N–H and O–H groups in total. The summed E-state index contributed by atoms with van der Waals surface area (Å²) in [5, 5.41) is 6.81. The predicted octanol–water partition coefficient (Wildman–Crippen LogP) is -1.81. The number of hydrogen-bond acceptors (Lipinski definition) is 4. The number of nitrogens with two attached hydrogens (primary N) is 1. The molecule has 0 saturated heterocycles. The summed E-state index contributed by atoms with van der Waals surface area (Å²) in [6.07, 6.45) is 0.968. The van der Waals surface area contributed by atoms with Crippen molar-refractivity contribution in [2.75, 3.05) is 0 Å². The van der Waals surface area contributed by atoms with E-state index in [0.29, 0.717) is 0 Å². The SMILES string of the molecule is NC(=O)Cc1nnc[nH]c1=O. The first kappa shape index (κ1) is 7.39. The van der Waals surface area contributed by atoms with Gasteiger partial charge in [0.25, 0.3) is 5.56 Å². The van der Waals surface area contributed by atoms with Gasteiger partial charge in [-0.05, 0) is 0 Å². The van der Waals surface area contributed by atoms with Gasteiger partial charge in [-0.1, -0.05) is 0 Å². The van der Waals surface area contributed by atoms with Crippen LogP contribution in [0.1, 0.15) is 5.69 Å². The molecule has 6 nitrogen and oxygen atoms in total. The monoisotopic (exact) mass is 154 g/mol. The van der Waals surface area contributed by atoms with Crippen molar-refractivity contribution in [1.82, 2.24) is 15.2 Å². The second-order valence-corrected chi connectivity index (χ2v) is 1.91. The second-order valence-electron chi connectivity index (χ2n) is 1.91. The van der Waals surface area contributed by atoms with E-state index in [1.165, 1.54) is 0 Å². The Balaban J connectivity index is 2.95. The lowest BCUT2D eigenvalue weighted by molar-refractivity contribution is -0.117. The summed E-state index contributed by atoms with van der Waals surface area (Å²) in [6, 6.07) is 0. The minimum absolute atomic E-state index is 0.0417. The first-order chi connectivity index (χ1) is 5.20. The second kappa shape index (κ2) is 2.91. The minimum atomic E-state index is -0.601. The van der Waals surface area contributed by atoms with Crippen molar-refractivity contribution in [1.29, 1.82) is 0 Å². The molecule has 1 aromatic rings. The average Bonchev–Trinajstić information content (AvgIpc) is 1.93. The van der Waals surface area contributed by atoms with Gasteiger partial charge in [-0.3, -0.25) is 9.59 Å². The number of aromatic nitrogens is 3. The molecule has 0 bridgehead atoms. The van der Waals surface area contributed by atoms with Crippen molar-refractivity contribution >= 4 is 5.91 Å². The van der Waals surface area contributed by atoms with E-state index in [0.717, 1.165) is 6.33 Å². The Morgan fingerprint density at radius 3 is 3.00 bits per heavy atom. The number of aromatic amines is 1. The Morgan fingerprint density at radius 1 is 1.73 bits per heavy atom. The number of hydrogen-bond donors (Lipinski definition) is 2.